The Morgan fingerprint density at radius 1 is 1.80 bits per heavy atom. The quantitative estimate of drug-likeness (QED) is 0.675. The van der Waals surface area contributed by atoms with E-state index in [4.69, 9.17) is 6.85 Å². The predicted molar refractivity (Wildman–Crippen MR) is 41.9 cm³/mol. The van der Waals surface area contributed by atoms with E-state index in [0.29, 0.717) is 5.69 Å². The number of aromatic nitrogens is 1. The van der Waals surface area contributed by atoms with Gasteiger partial charge in [-0.05, 0) is 19.1 Å². The Morgan fingerprint density at radius 2 is 2.80 bits per heavy atom. The molecule has 0 fully saturated rings. The fraction of sp³-hybridized carbons (Fsp3) is 0.375. The summed E-state index contributed by atoms with van der Waals surface area (Å²) < 4.78 is 35.7. The molecule has 0 radical (unpaired) electrons. The third kappa shape index (κ3) is 2.15. The number of hydrogen-bond acceptors (Lipinski definition) is 2. The van der Waals surface area contributed by atoms with Crippen LogP contribution in [0, 0.1) is 0 Å². The Bertz CT molecular complexity index is 309. The van der Waals surface area contributed by atoms with E-state index >= 15 is 0 Å². The molecule has 0 aliphatic carbocycles. The van der Waals surface area contributed by atoms with Gasteiger partial charge in [-0.2, -0.15) is 0 Å². The lowest BCUT2D eigenvalue weighted by atomic mass is 10.3. The van der Waals surface area contributed by atoms with E-state index in [1.54, 1.807) is 24.4 Å². The number of aryl methyl sites for hydroxylation is 1. The second-order valence-corrected chi connectivity index (χ2v) is 1.80. The molecule has 54 valence electrons. The van der Waals surface area contributed by atoms with Gasteiger partial charge in [-0.3, -0.25) is 4.98 Å². The van der Waals surface area contributed by atoms with E-state index in [-0.39, 0.29) is 6.42 Å². The summed E-state index contributed by atoms with van der Waals surface area (Å²) in [5.41, 5.74) is 0.513. The van der Waals surface area contributed by atoms with Crippen LogP contribution in [0.1, 0.15) is 12.5 Å². The highest BCUT2D eigenvalue weighted by molar-refractivity contribution is 5.03. The first-order chi connectivity index (χ1) is 6.79. The Morgan fingerprint density at radius 3 is 3.50 bits per heavy atom. The SMILES string of the molecule is [2H]C([2H])([2H])NC([2H])([2H])Cc1ccccn1. The number of likely N-dealkylation sites (N-methyl/N-ethyl adjacent to an activating group) is 1. The van der Waals surface area contributed by atoms with Gasteiger partial charge in [0, 0.05) is 31.7 Å². The minimum atomic E-state index is -2.49. The van der Waals surface area contributed by atoms with Crippen LogP contribution in [0.4, 0.5) is 0 Å². The molecule has 0 unspecified atom stereocenters. The number of nitrogens with zero attached hydrogens (tertiary/aromatic N) is 1. The maximum absolute atomic E-state index is 7.47. The molecule has 1 aromatic rings. The first-order valence-corrected chi connectivity index (χ1v) is 2.98. The predicted octanol–water partition coefficient (Wildman–Crippen LogP) is 0.843. The maximum Gasteiger partial charge on any atom is 0.0432 e. The molecule has 0 saturated heterocycles. The van der Waals surface area contributed by atoms with Crippen LogP contribution in [0.5, 0.6) is 0 Å². The molecular weight excluding hydrogens is 124 g/mol. The van der Waals surface area contributed by atoms with Gasteiger partial charge in [-0.25, -0.2) is 0 Å². The third-order valence-corrected chi connectivity index (χ3v) is 1.08. The van der Waals surface area contributed by atoms with E-state index < -0.39 is 13.5 Å². The lowest BCUT2D eigenvalue weighted by Crippen LogP contribution is -2.10. The number of nitrogens with one attached hydrogen (secondary N) is 1. The van der Waals surface area contributed by atoms with Crippen molar-refractivity contribution in [3.05, 3.63) is 30.1 Å². The van der Waals surface area contributed by atoms with E-state index in [1.807, 2.05) is 5.32 Å². The van der Waals surface area contributed by atoms with Gasteiger partial charge in [0.15, 0.2) is 0 Å². The molecule has 0 aromatic carbocycles. The smallest absolute Gasteiger partial charge is 0.0432 e. The second kappa shape index (κ2) is 4.01. The summed E-state index contributed by atoms with van der Waals surface area (Å²) >= 11 is 0. The first-order valence-electron chi connectivity index (χ1n) is 5.48. The number of hydrogen-bond donors (Lipinski definition) is 1. The largest absolute Gasteiger partial charge is 0.319 e. The van der Waals surface area contributed by atoms with Gasteiger partial charge in [0.2, 0.25) is 0 Å². The van der Waals surface area contributed by atoms with Crippen molar-refractivity contribution in [2.45, 2.75) is 6.42 Å². The summed E-state index contributed by atoms with van der Waals surface area (Å²) in [6, 6.07) is 5.10. The van der Waals surface area contributed by atoms with Crippen molar-refractivity contribution >= 4 is 0 Å². The molecular formula is C8H12N2. The van der Waals surface area contributed by atoms with E-state index in [9.17, 15) is 0 Å². The van der Waals surface area contributed by atoms with Gasteiger partial charge >= 0.3 is 0 Å². The molecule has 0 bridgehead atoms. The molecule has 0 spiro atoms. The molecule has 0 amide bonds. The monoisotopic (exact) mass is 141 g/mol. The van der Waals surface area contributed by atoms with Crippen LogP contribution in [0.25, 0.3) is 0 Å². The standard InChI is InChI=1S/C8H12N2/c1-9-7-5-8-4-2-3-6-10-8/h2-4,6,9H,5,7H2,1H3/i1D3,7D2. The van der Waals surface area contributed by atoms with Crippen LogP contribution in [0.15, 0.2) is 24.4 Å². The molecule has 0 atom stereocenters. The van der Waals surface area contributed by atoms with Crippen molar-refractivity contribution in [2.24, 2.45) is 0 Å². The minimum Gasteiger partial charge on any atom is -0.319 e. The average molecular weight is 141 g/mol. The fourth-order valence-corrected chi connectivity index (χ4v) is 0.637. The van der Waals surface area contributed by atoms with Gasteiger partial charge in [0.1, 0.15) is 0 Å². The van der Waals surface area contributed by atoms with Gasteiger partial charge in [-0.15, -0.1) is 0 Å². The molecule has 1 rings (SSSR count). The Labute approximate surface area is 68.3 Å². The van der Waals surface area contributed by atoms with E-state index in [0.717, 1.165) is 0 Å². The molecule has 1 heterocycles. The van der Waals surface area contributed by atoms with Gasteiger partial charge < -0.3 is 5.32 Å². The van der Waals surface area contributed by atoms with Crippen LogP contribution < -0.4 is 5.32 Å². The van der Waals surface area contributed by atoms with Crippen molar-refractivity contribution in [2.75, 3.05) is 13.5 Å². The highest BCUT2D eigenvalue weighted by atomic mass is 14.8. The minimum absolute atomic E-state index is 0.0772. The van der Waals surface area contributed by atoms with Crippen LogP contribution >= 0.6 is 0 Å². The van der Waals surface area contributed by atoms with Crippen molar-refractivity contribution in [1.82, 2.24) is 10.3 Å². The molecule has 10 heavy (non-hydrogen) atoms. The summed E-state index contributed by atoms with van der Waals surface area (Å²) in [5, 5.41) is 1.94. The summed E-state index contributed by atoms with van der Waals surface area (Å²) in [7, 11) is 0. The summed E-state index contributed by atoms with van der Waals surface area (Å²) in [6.07, 6.45) is 1.47. The summed E-state index contributed by atoms with van der Waals surface area (Å²) in [5.74, 6) is 0. The van der Waals surface area contributed by atoms with Crippen molar-refractivity contribution in [3.63, 3.8) is 0 Å². The molecule has 1 aromatic heterocycles. The lowest BCUT2D eigenvalue weighted by Gasteiger charge is -1.96. The van der Waals surface area contributed by atoms with Crippen LogP contribution in [-0.4, -0.2) is 18.5 Å². The normalized spacial score (nSPS) is 19.8. The number of pyridine rings is 1. The zero-order valence-corrected chi connectivity index (χ0v) is 5.46. The molecule has 1 N–H and O–H groups in total. The average Bonchev–Trinajstić information content (AvgIpc) is 1.99. The van der Waals surface area contributed by atoms with Gasteiger partial charge in [-0.1, -0.05) is 6.07 Å². The molecule has 0 saturated carbocycles. The molecule has 2 heteroatoms. The Kier molecular flexibility index (Phi) is 1.21. The fourth-order valence-electron chi connectivity index (χ4n) is 0.637. The van der Waals surface area contributed by atoms with Crippen molar-refractivity contribution < 1.29 is 6.85 Å². The molecule has 0 aliphatic heterocycles. The van der Waals surface area contributed by atoms with E-state index in [1.165, 1.54) is 0 Å². The van der Waals surface area contributed by atoms with Crippen LogP contribution in [0.2, 0.25) is 0 Å². The Balaban J connectivity index is 2.65. The second-order valence-electron chi connectivity index (χ2n) is 1.80. The highest BCUT2D eigenvalue weighted by Crippen LogP contribution is 1.92. The number of rotatable bonds is 3. The highest BCUT2D eigenvalue weighted by Gasteiger charge is 1.88. The van der Waals surface area contributed by atoms with Crippen LogP contribution in [-0.2, 0) is 6.42 Å². The Hall–Kier alpha value is -0.890. The summed E-state index contributed by atoms with van der Waals surface area (Å²) in [4.78, 5) is 3.93. The molecule has 0 aliphatic rings. The van der Waals surface area contributed by atoms with Gasteiger partial charge in [0.25, 0.3) is 0 Å². The first kappa shape index (κ1) is 3.01. The van der Waals surface area contributed by atoms with Crippen molar-refractivity contribution in [1.29, 1.82) is 0 Å². The summed E-state index contributed by atoms with van der Waals surface area (Å²) in [6.45, 7) is -4.47. The van der Waals surface area contributed by atoms with Gasteiger partial charge in [0.05, 0.1) is 0 Å². The zero-order chi connectivity index (χ0) is 11.5. The molecule has 2 nitrogen and oxygen atoms in total. The third-order valence-electron chi connectivity index (χ3n) is 1.08. The maximum atomic E-state index is 7.47. The van der Waals surface area contributed by atoms with Crippen molar-refractivity contribution in [3.8, 4) is 0 Å². The van der Waals surface area contributed by atoms with Crippen LogP contribution in [0.3, 0.4) is 0 Å². The topological polar surface area (TPSA) is 24.9 Å². The zero-order valence-electron chi connectivity index (χ0n) is 10.5. The van der Waals surface area contributed by atoms with E-state index in [2.05, 4.69) is 4.98 Å². The lowest BCUT2D eigenvalue weighted by molar-refractivity contribution is 0.776.